The minimum absolute atomic E-state index is 0.0110. The topological polar surface area (TPSA) is 85.4 Å². The Morgan fingerprint density at radius 1 is 1.50 bits per heavy atom. The number of hydrogen-bond acceptors (Lipinski definition) is 6. The summed E-state index contributed by atoms with van der Waals surface area (Å²) in [6.07, 6.45) is 0.864. The molecule has 2 heterocycles. The molecule has 0 aromatic heterocycles. The van der Waals surface area contributed by atoms with E-state index in [1.54, 1.807) is 6.08 Å². The molecule has 1 N–H and O–H groups in total. The Kier molecular flexibility index (Phi) is 2.67. The third-order valence-corrected chi connectivity index (χ3v) is 5.41. The monoisotopic (exact) mass is 306 g/mol. The highest BCUT2D eigenvalue weighted by Gasteiger charge is 2.70. The van der Waals surface area contributed by atoms with Crippen LogP contribution in [-0.4, -0.2) is 47.1 Å². The molecule has 2 aliphatic heterocycles. The number of carbonyl (C=O) groups excluding carboxylic acids is 2. The molecule has 0 amide bonds. The van der Waals surface area contributed by atoms with E-state index in [2.05, 4.69) is 6.58 Å². The van der Waals surface area contributed by atoms with Crippen LogP contribution < -0.4 is 0 Å². The van der Waals surface area contributed by atoms with Crippen molar-refractivity contribution >= 4 is 11.9 Å². The maximum atomic E-state index is 12.0. The van der Waals surface area contributed by atoms with Crippen molar-refractivity contribution in [2.45, 2.75) is 50.3 Å². The standard InChI is InChI=1S/C16H18O6/c1-6-4-9(20-8(3)17)11-7(2)15(18)22-14(11)12-13-10(21-13)5-16(6,12)19/h4,9-14,19H,2,5H2,1,3H3. The molecule has 0 aromatic rings. The molecule has 0 spiro atoms. The third kappa shape index (κ3) is 1.68. The lowest BCUT2D eigenvalue weighted by atomic mass is 9.78. The van der Waals surface area contributed by atoms with E-state index >= 15 is 0 Å². The number of carbonyl (C=O) groups is 2. The Morgan fingerprint density at radius 3 is 2.91 bits per heavy atom. The number of rotatable bonds is 1. The number of esters is 2. The highest BCUT2D eigenvalue weighted by Crippen LogP contribution is 2.58. The van der Waals surface area contributed by atoms with Gasteiger partial charge in [-0.2, -0.15) is 0 Å². The molecule has 0 bridgehead atoms. The Balaban J connectivity index is 1.81. The average molecular weight is 306 g/mol. The molecule has 7 unspecified atom stereocenters. The largest absolute Gasteiger partial charge is 0.458 e. The minimum Gasteiger partial charge on any atom is -0.458 e. The van der Waals surface area contributed by atoms with Gasteiger partial charge in [-0.15, -0.1) is 0 Å². The van der Waals surface area contributed by atoms with Gasteiger partial charge in [0.15, 0.2) is 0 Å². The first kappa shape index (κ1) is 14.0. The van der Waals surface area contributed by atoms with Crippen molar-refractivity contribution in [2.75, 3.05) is 0 Å². The molecule has 3 fully saturated rings. The van der Waals surface area contributed by atoms with Crippen LogP contribution in [0.4, 0.5) is 0 Å². The summed E-state index contributed by atoms with van der Waals surface area (Å²) in [6, 6.07) is 0. The van der Waals surface area contributed by atoms with Crippen molar-refractivity contribution in [3.8, 4) is 0 Å². The van der Waals surface area contributed by atoms with Crippen LogP contribution in [0.1, 0.15) is 20.3 Å². The summed E-state index contributed by atoms with van der Waals surface area (Å²) in [5.41, 5.74) is -0.0671. The van der Waals surface area contributed by atoms with Gasteiger partial charge in [0.25, 0.3) is 0 Å². The van der Waals surface area contributed by atoms with E-state index < -0.39 is 35.7 Å². The van der Waals surface area contributed by atoms with Crippen molar-refractivity contribution in [2.24, 2.45) is 11.8 Å². The second kappa shape index (κ2) is 4.20. The van der Waals surface area contributed by atoms with Crippen molar-refractivity contribution in [1.29, 1.82) is 0 Å². The van der Waals surface area contributed by atoms with Crippen molar-refractivity contribution in [3.05, 3.63) is 23.8 Å². The summed E-state index contributed by atoms with van der Waals surface area (Å²) in [5.74, 6) is -1.76. The number of fused-ring (bicyclic) bond motifs is 5. The molecule has 4 rings (SSSR count). The molecule has 2 saturated heterocycles. The predicted octanol–water partition coefficient (Wildman–Crippen LogP) is 0.494. The quantitative estimate of drug-likeness (QED) is 0.328. The summed E-state index contributed by atoms with van der Waals surface area (Å²) in [4.78, 5) is 23.4. The molecule has 6 heteroatoms. The summed E-state index contributed by atoms with van der Waals surface area (Å²) >= 11 is 0. The lowest BCUT2D eigenvalue weighted by Crippen LogP contribution is -2.46. The Hall–Kier alpha value is -1.66. The van der Waals surface area contributed by atoms with Gasteiger partial charge in [-0.1, -0.05) is 6.58 Å². The van der Waals surface area contributed by atoms with Crippen LogP contribution in [0.3, 0.4) is 0 Å². The zero-order valence-electron chi connectivity index (χ0n) is 12.4. The lowest BCUT2D eigenvalue weighted by molar-refractivity contribution is -0.151. The molecule has 4 aliphatic rings. The predicted molar refractivity (Wildman–Crippen MR) is 73.5 cm³/mol. The molecule has 22 heavy (non-hydrogen) atoms. The summed E-state index contributed by atoms with van der Waals surface area (Å²) < 4.78 is 16.4. The number of epoxide rings is 1. The average Bonchev–Trinajstić information content (AvgIpc) is 3.01. The zero-order valence-corrected chi connectivity index (χ0v) is 12.4. The third-order valence-electron chi connectivity index (χ3n) is 5.41. The summed E-state index contributed by atoms with van der Waals surface area (Å²) in [6.45, 7) is 6.94. The van der Waals surface area contributed by atoms with Crippen molar-refractivity contribution in [3.63, 3.8) is 0 Å². The van der Waals surface area contributed by atoms with Crippen LogP contribution in [0, 0.1) is 11.8 Å². The van der Waals surface area contributed by atoms with E-state index in [9.17, 15) is 14.7 Å². The van der Waals surface area contributed by atoms with Crippen LogP contribution in [-0.2, 0) is 23.8 Å². The van der Waals surface area contributed by atoms with Gasteiger partial charge in [0.1, 0.15) is 12.2 Å². The SMILES string of the molecule is C=C1C(=O)OC2C1C(OC(C)=O)C=C(C)C1(O)CC3OC3C21. The second-order valence-electron chi connectivity index (χ2n) is 6.64. The molecule has 0 radical (unpaired) electrons. The van der Waals surface area contributed by atoms with E-state index in [0.717, 1.165) is 5.57 Å². The van der Waals surface area contributed by atoms with Gasteiger partial charge in [0.05, 0.1) is 29.6 Å². The molecule has 6 nitrogen and oxygen atoms in total. The maximum absolute atomic E-state index is 12.0. The molecule has 2 aliphatic carbocycles. The van der Waals surface area contributed by atoms with E-state index in [-0.39, 0.29) is 23.7 Å². The zero-order chi connectivity index (χ0) is 15.8. The van der Waals surface area contributed by atoms with Crippen LogP contribution in [0.15, 0.2) is 23.8 Å². The minimum atomic E-state index is -1.09. The molecule has 1 saturated carbocycles. The summed E-state index contributed by atoms with van der Waals surface area (Å²) in [7, 11) is 0. The van der Waals surface area contributed by atoms with Crippen LogP contribution in [0.25, 0.3) is 0 Å². The van der Waals surface area contributed by atoms with Gasteiger partial charge in [-0.25, -0.2) is 4.79 Å². The highest BCUT2D eigenvalue weighted by molar-refractivity contribution is 5.91. The number of ether oxygens (including phenoxy) is 3. The van der Waals surface area contributed by atoms with E-state index in [0.29, 0.717) is 6.42 Å². The van der Waals surface area contributed by atoms with Gasteiger partial charge < -0.3 is 19.3 Å². The van der Waals surface area contributed by atoms with Crippen LogP contribution in [0.2, 0.25) is 0 Å². The number of hydrogen-bond donors (Lipinski definition) is 1. The van der Waals surface area contributed by atoms with Gasteiger partial charge in [0, 0.05) is 18.9 Å². The van der Waals surface area contributed by atoms with E-state index in [1.165, 1.54) is 6.92 Å². The smallest absolute Gasteiger partial charge is 0.334 e. The first-order valence-corrected chi connectivity index (χ1v) is 7.46. The Bertz CT molecular complexity index is 622. The molecule has 7 atom stereocenters. The fraction of sp³-hybridized carbons (Fsp3) is 0.625. The van der Waals surface area contributed by atoms with E-state index in [4.69, 9.17) is 14.2 Å². The normalized spacial score (nSPS) is 48.6. The van der Waals surface area contributed by atoms with Gasteiger partial charge >= 0.3 is 11.9 Å². The molecular weight excluding hydrogens is 288 g/mol. The fourth-order valence-corrected chi connectivity index (χ4v) is 4.32. The first-order valence-electron chi connectivity index (χ1n) is 7.46. The van der Waals surface area contributed by atoms with Gasteiger partial charge in [-0.05, 0) is 18.6 Å². The summed E-state index contributed by atoms with van der Waals surface area (Å²) in [5, 5.41) is 11.1. The van der Waals surface area contributed by atoms with Crippen LogP contribution >= 0.6 is 0 Å². The second-order valence-corrected chi connectivity index (χ2v) is 6.64. The first-order chi connectivity index (χ1) is 10.3. The van der Waals surface area contributed by atoms with Gasteiger partial charge in [0.2, 0.25) is 0 Å². The highest BCUT2D eigenvalue weighted by atomic mass is 16.6. The van der Waals surface area contributed by atoms with Crippen molar-refractivity contribution < 1.29 is 28.9 Å². The lowest BCUT2D eigenvalue weighted by Gasteiger charge is -2.35. The molecule has 0 aromatic carbocycles. The Morgan fingerprint density at radius 2 is 2.23 bits per heavy atom. The maximum Gasteiger partial charge on any atom is 0.334 e. The molecular formula is C16H18O6. The van der Waals surface area contributed by atoms with Crippen LogP contribution in [0.5, 0.6) is 0 Å². The van der Waals surface area contributed by atoms with Crippen molar-refractivity contribution in [1.82, 2.24) is 0 Å². The number of aliphatic hydroxyl groups is 1. The fourth-order valence-electron chi connectivity index (χ4n) is 4.32. The van der Waals surface area contributed by atoms with E-state index in [1.807, 2.05) is 6.92 Å². The molecule has 118 valence electrons. The Labute approximate surface area is 127 Å². The van der Waals surface area contributed by atoms with Gasteiger partial charge in [-0.3, -0.25) is 4.79 Å².